The fraction of sp³-hybridized carbons (Fsp3) is 0.385. The number of anilines is 1. The van der Waals surface area contributed by atoms with Crippen molar-refractivity contribution >= 4 is 11.8 Å². The van der Waals surface area contributed by atoms with Crippen molar-refractivity contribution in [3.8, 4) is 0 Å². The van der Waals surface area contributed by atoms with Gasteiger partial charge < -0.3 is 10.0 Å². The van der Waals surface area contributed by atoms with Crippen LogP contribution < -0.4 is 4.90 Å². The third-order valence-electron chi connectivity index (χ3n) is 3.03. The monoisotopic (exact) mass is 232 g/mol. The molecule has 2 heterocycles. The second kappa shape index (κ2) is 4.57. The molecule has 0 amide bonds. The smallest absolute Gasteiger partial charge is 0.337 e. The molecule has 1 N–H and O–H groups in total. The van der Waals surface area contributed by atoms with E-state index in [1.54, 1.807) is 6.07 Å². The Hall–Kier alpha value is -1.84. The molecule has 1 aromatic rings. The minimum atomic E-state index is -0.929. The molecule has 1 aliphatic heterocycles. The van der Waals surface area contributed by atoms with Gasteiger partial charge in [0.15, 0.2) is 0 Å². The first-order valence-electron chi connectivity index (χ1n) is 5.68. The lowest BCUT2D eigenvalue weighted by Gasteiger charge is -2.27. The van der Waals surface area contributed by atoms with Crippen LogP contribution in [0.4, 0.5) is 5.82 Å². The van der Waals surface area contributed by atoms with Gasteiger partial charge in [-0.2, -0.15) is 0 Å². The van der Waals surface area contributed by atoms with Crippen LogP contribution in [0.5, 0.6) is 0 Å². The maximum absolute atomic E-state index is 10.8. The zero-order valence-corrected chi connectivity index (χ0v) is 10.1. The van der Waals surface area contributed by atoms with Crippen LogP contribution in [0.2, 0.25) is 0 Å². The fourth-order valence-corrected chi connectivity index (χ4v) is 1.98. The molecular formula is C13H16N2O2. The summed E-state index contributed by atoms with van der Waals surface area (Å²) in [5.74, 6) is -0.0414. The Morgan fingerprint density at radius 1 is 1.47 bits per heavy atom. The number of aromatic nitrogens is 1. The summed E-state index contributed by atoms with van der Waals surface area (Å²) >= 11 is 0. The number of rotatable bonds is 2. The molecule has 0 aliphatic carbocycles. The first kappa shape index (κ1) is 11.6. The van der Waals surface area contributed by atoms with Crippen molar-refractivity contribution < 1.29 is 9.90 Å². The van der Waals surface area contributed by atoms with E-state index in [4.69, 9.17) is 5.11 Å². The van der Waals surface area contributed by atoms with E-state index in [0.717, 1.165) is 30.9 Å². The van der Waals surface area contributed by atoms with Gasteiger partial charge in [0, 0.05) is 19.3 Å². The Labute approximate surface area is 101 Å². The van der Waals surface area contributed by atoms with E-state index in [9.17, 15) is 4.79 Å². The van der Waals surface area contributed by atoms with Crippen LogP contribution in [-0.2, 0) is 0 Å². The fourth-order valence-electron chi connectivity index (χ4n) is 1.98. The molecule has 4 heteroatoms. The van der Waals surface area contributed by atoms with E-state index in [2.05, 4.69) is 22.9 Å². The van der Waals surface area contributed by atoms with Crippen molar-refractivity contribution in [1.82, 2.24) is 4.98 Å². The van der Waals surface area contributed by atoms with E-state index in [1.165, 1.54) is 11.8 Å². The molecule has 0 saturated carbocycles. The van der Waals surface area contributed by atoms with E-state index in [0.29, 0.717) is 0 Å². The first-order valence-corrected chi connectivity index (χ1v) is 5.68. The van der Waals surface area contributed by atoms with Gasteiger partial charge in [0.1, 0.15) is 5.82 Å². The van der Waals surface area contributed by atoms with Crippen LogP contribution in [0.3, 0.4) is 0 Å². The standard InChI is InChI=1S/C13H16N2O2/c1-9-3-5-15(6-4-9)12-10(2)7-11(8-14-12)13(16)17/h3,7-8H,4-6H2,1-2H3,(H,16,17). The van der Waals surface area contributed by atoms with Gasteiger partial charge in [-0.1, -0.05) is 11.6 Å². The number of aryl methyl sites for hydroxylation is 1. The van der Waals surface area contributed by atoms with E-state index < -0.39 is 5.97 Å². The lowest BCUT2D eigenvalue weighted by Crippen LogP contribution is -2.29. The normalized spacial score (nSPS) is 15.6. The van der Waals surface area contributed by atoms with Crippen LogP contribution in [0.1, 0.15) is 29.3 Å². The molecule has 90 valence electrons. The minimum Gasteiger partial charge on any atom is -0.478 e. The van der Waals surface area contributed by atoms with Gasteiger partial charge in [0.05, 0.1) is 5.56 Å². The number of aromatic carboxylic acids is 1. The highest BCUT2D eigenvalue weighted by molar-refractivity contribution is 5.87. The zero-order chi connectivity index (χ0) is 12.4. The Morgan fingerprint density at radius 2 is 2.24 bits per heavy atom. The number of carbonyl (C=O) groups is 1. The Balaban J connectivity index is 2.25. The lowest BCUT2D eigenvalue weighted by molar-refractivity contribution is 0.0696. The number of carboxylic acids is 1. The van der Waals surface area contributed by atoms with Gasteiger partial charge in [0.25, 0.3) is 0 Å². The molecule has 0 aromatic carbocycles. The second-order valence-corrected chi connectivity index (χ2v) is 4.42. The average molecular weight is 232 g/mol. The highest BCUT2D eigenvalue weighted by Crippen LogP contribution is 2.21. The summed E-state index contributed by atoms with van der Waals surface area (Å²) in [6.45, 7) is 5.83. The molecule has 1 aliphatic rings. The van der Waals surface area contributed by atoms with Crippen LogP contribution in [0.15, 0.2) is 23.9 Å². The van der Waals surface area contributed by atoms with Crippen LogP contribution >= 0.6 is 0 Å². The molecule has 0 radical (unpaired) electrons. The summed E-state index contributed by atoms with van der Waals surface area (Å²) in [5.41, 5.74) is 2.56. The second-order valence-electron chi connectivity index (χ2n) is 4.42. The van der Waals surface area contributed by atoms with Crippen molar-refractivity contribution in [2.45, 2.75) is 20.3 Å². The molecular weight excluding hydrogens is 216 g/mol. The summed E-state index contributed by atoms with van der Waals surface area (Å²) in [4.78, 5) is 17.3. The molecule has 0 bridgehead atoms. The van der Waals surface area contributed by atoms with Crippen LogP contribution in [0, 0.1) is 6.92 Å². The highest BCUT2D eigenvalue weighted by atomic mass is 16.4. The third kappa shape index (κ3) is 2.46. The third-order valence-corrected chi connectivity index (χ3v) is 3.03. The maximum atomic E-state index is 10.8. The van der Waals surface area contributed by atoms with Crippen molar-refractivity contribution in [3.63, 3.8) is 0 Å². The van der Waals surface area contributed by atoms with Crippen molar-refractivity contribution in [2.75, 3.05) is 18.0 Å². The van der Waals surface area contributed by atoms with Crippen molar-refractivity contribution in [2.24, 2.45) is 0 Å². The van der Waals surface area contributed by atoms with Gasteiger partial charge in [0.2, 0.25) is 0 Å². The van der Waals surface area contributed by atoms with Crippen molar-refractivity contribution in [3.05, 3.63) is 35.0 Å². The average Bonchev–Trinajstić information content (AvgIpc) is 2.30. The highest BCUT2D eigenvalue weighted by Gasteiger charge is 2.15. The number of nitrogens with zero attached hydrogens (tertiary/aromatic N) is 2. The van der Waals surface area contributed by atoms with E-state index in [-0.39, 0.29) is 5.56 Å². The van der Waals surface area contributed by atoms with E-state index >= 15 is 0 Å². The van der Waals surface area contributed by atoms with Crippen LogP contribution in [-0.4, -0.2) is 29.1 Å². The lowest BCUT2D eigenvalue weighted by atomic mass is 10.1. The summed E-state index contributed by atoms with van der Waals surface area (Å²) in [7, 11) is 0. The largest absolute Gasteiger partial charge is 0.478 e. The summed E-state index contributed by atoms with van der Waals surface area (Å²) < 4.78 is 0. The predicted octanol–water partition coefficient (Wildman–Crippen LogP) is 2.24. The molecule has 4 nitrogen and oxygen atoms in total. The molecule has 0 saturated heterocycles. The SMILES string of the molecule is CC1=CCN(c2ncc(C(=O)O)cc2C)CC1. The number of carboxylic acid groups (broad SMARTS) is 1. The molecule has 0 atom stereocenters. The van der Waals surface area contributed by atoms with Crippen LogP contribution in [0.25, 0.3) is 0 Å². The zero-order valence-electron chi connectivity index (χ0n) is 10.1. The number of hydrogen-bond acceptors (Lipinski definition) is 3. The number of hydrogen-bond donors (Lipinski definition) is 1. The summed E-state index contributed by atoms with van der Waals surface area (Å²) in [6.07, 6.45) is 4.66. The maximum Gasteiger partial charge on any atom is 0.337 e. The Kier molecular flexibility index (Phi) is 3.13. The summed E-state index contributed by atoms with van der Waals surface area (Å²) in [5, 5.41) is 8.88. The quantitative estimate of drug-likeness (QED) is 0.794. The molecule has 0 fully saturated rings. The molecule has 0 unspecified atom stereocenters. The van der Waals surface area contributed by atoms with Gasteiger partial charge in [-0.05, 0) is 31.9 Å². The van der Waals surface area contributed by atoms with E-state index in [1.807, 2.05) is 6.92 Å². The Morgan fingerprint density at radius 3 is 2.76 bits per heavy atom. The topological polar surface area (TPSA) is 53.4 Å². The molecule has 1 aromatic heterocycles. The first-order chi connectivity index (χ1) is 8.08. The minimum absolute atomic E-state index is 0.245. The molecule has 17 heavy (non-hydrogen) atoms. The summed E-state index contributed by atoms with van der Waals surface area (Å²) in [6, 6.07) is 1.68. The molecule has 0 spiro atoms. The Bertz CT molecular complexity index is 480. The van der Waals surface area contributed by atoms with Gasteiger partial charge in [-0.25, -0.2) is 9.78 Å². The molecule has 2 rings (SSSR count). The van der Waals surface area contributed by atoms with Gasteiger partial charge >= 0.3 is 5.97 Å². The van der Waals surface area contributed by atoms with Gasteiger partial charge in [-0.3, -0.25) is 0 Å². The number of pyridine rings is 1. The van der Waals surface area contributed by atoms with Crippen molar-refractivity contribution in [1.29, 1.82) is 0 Å². The predicted molar refractivity (Wildman–Crippen MR) is 66.5 cm³/mol. The van der Waals surface area contributed by atoms with Gasteiger partial charge in [-0.15, -0.1) is 0 Å².